The van der Waals surface area contributed by atoms with Crippen molar-refractivity contribution >= 4 is 23.6 Å². The first kappa shape index (κ1) is 13.4. The van der Waals surface area contributed by atoms with Crippen LogP contribution in [-0.4, -0.2) is 17.2 Å². The van der Waals surface area contributed by atoms with Crippen molar-refractivity contribution in [2.45, 2.75) is 19.8 Å². The molecule has 5 heteroatoms. The Labute approximate surface area is 115 Å². The molecule has 0 unspecified atom stereocenters. The van der Waals surface area contributed by atoms with Gasteiger partial charge in [-0.05, 0) is 30.7 Å². The number of nitrogens with zero attached hydrogens (tertiary/aromatic N) is 1. The number of carbonyl (C=O) groups excluding carboxylic acids is 2. The highest BCUT2D eigenvalue weighted by molar-refractivity contribution is 7.13. The van der Waals surface area contributed by atoms with Crippen LogP contribution < -0.4 is 4.74 Å². The number of benzene rings is 1. The zero-order valence-electron chi connectivity index (χ0n) is 10.5. The van der Waals surface area contributed by atoms with Crippen LogP contribution in [-0.2, 0) is 16.0 Å². The quantitative estimate of drug-likeness (QED) is 0.478. The summed E-state index contributed by atoms with van der Waals surface area (Å²) in [6.45, 7) is 1.37. The number of aryl methyl sites for hydroxylation is 1. The predicted octanol–water partition coefficient (Wildman–Crippen LogP) is 2.87. The Balaban J connectivity index is 2.10. The number of carbonyl (C=O) groups is 2. The topological polar surface area (TPSA) is 56.3 Å². The smallest absolute Gasteiger partial charge is 0.308 e. The van der Waals surface area contributed by atoms with Crippen molar-refractivity contribution in [1.82, 2.24) is 4.98 Å². The number of thiazole rings is 1. The van der Waals surface area contributed by atoms with Crippen LogP contribution in [0.4, 0.5) is 0 Å². The fourth-order valence-corrected chi connectivity index (χ4v) is 2.45. The molecule has 19 heavy (non-hydrogen) atoms. The van der Waals surface area contributed by atoms with Gasteiger partial charge in [-0.1, -0.05) is 0 Å². The molecular formula is C14H13NO3S. The van der Waals surface area contributed by atoms with E-state index in [0.717, 1.165) is 22.6 Å². The van der Waals surface area contributed by atoms with Crippen LogP contribution in [0.5, 0.6) is 5.75 Å². The van der Waals surface area contributed by atoms with E-state index in [2.05, 4.69) is 4.98 Å². The van der Waals surface area contributed by atoms with Crippen LogP contribution in [0.15, 0.2) is 29.6 Å². The fraction of sp³-hybridized carbons (Fsp3) is 0.214. The van der Waals surface area contributed by atoms with Crippen molar-refractivity contribution in [1.29, 1.82) is 0 Å². The maximum Gasteiger partial charge on any atom is 0.308 e. The van der Waals surface area contributed by atoms with Gasteiger partial charge in [0.05, 0.1) is 5.69 Å². The van der Waals surface area contributed by atoms with Crippen molar-refractivity contribution < 1.29 is 14.3 Å². The third kappa shape index (κ3) is 3.72. The van der Waals surface area contributed by atoms with E-state index in [1.807, 2.05) is 17.5 Å². The molecule has 0 aliphatic heterocycles. The highest BCUT2D eigenvalue weighted by Crippen LogP contribution is 2.26. The molecule has 0 aliphatic rings. The molecule has 0 N–H and O–H groups in total. The minimum Gasteiger partial charge on any atom is -0.427 e. The van der Waals surface area contributed by atoms with Gasteiger partial charge < -0.3 is 9.53 Å². The van der Waals surface area contributed by atoms with E-state index in [9.17, 15) is 9.59 Å². The van der Waals surface area contributed by atoms with Crippen LogP contribution in [0.1, 0.15) is 19.0 Å². The first-order valence-electron chi connectivity index (χ1n) is 5.86. The van der Waals surface area contributed by atoms with E-state index in [1.54, 1.807) is 12.1 Å². The number of hydrogen-bond donors (Lipinski definition) is 0. The van der Waals surface area contributed by atoms with Crippen molar-refractivity contribution in [3.05, 3.63) is 35.3 Å². The van der Waals surface area contributed by atoms with Gasteiger partial charge in [-0.25, -0.2) is 4.98 Å². The molecule has 2 rings (SSSR count). The summed E-state index contributed by atoms with van der Waals surface area (Å²) in [6.07, 6.45) is 2.06. The summed E-state index contributed by atoms with van der Waals surface area (Å²) in [5, 5.41) is 2.86. The second-order valence-electron chi connectivity index (χ2n) is 3.97. The fourth-order valence-electron chi connectivity index (χ4n) is 1.59. The summed E-state index contributed by atoms with van der Waals surface area (Å²) in [5.41, 5.74) is 1.90. The monoisotopic (exact) mass is 275 g/mol. The summed E-state index contributed by atoms with van der Waals surface area (Å²) >= 11 is 1.54. The molecule has 1 aromatic carbocycles. The predicted molar refractivity (Wildman–Crippen MR) is 73.2 cm³/mol. The second kappa shape index (κ2) is 6.24. The lowest BCUT2D eigenvalue weighted by Gasteiger charge is -2.01. The Hall–Kier alpha value is -2.01. The van der Waals surface area contributed by atoms with E-state index in [1.165, 1.54) is 18.3 Å². The van der Waals surface area contributed by atoms with Crippen LogP contribution in [0.3, 0.4) is 0 Å². The third-order valence-corrected chi connectivity index (χ3v) is 3.37. The summed E-state index contributed by atoms with van der Waals surface area (Å²) in [4.78, 5) is 25.6. The molecule has 98 valence electrons. The number of rotatable bonds is 5. The minimum absolute atomic E-state index is 0.335. The molecule has 0 amide bonds. The van der Waals surface area contributed by atoms with E-state index < -0.39 is 0 Å². The van der Waals surface area contributed by atoms with E-state index in [4.69, 9.17) is 4.74 Å². The Bertz CT molecular complexity index is 575. The van der Waals surface area contributed by atoms with Gasteiger partial charge in [-0.15, -0.1) is 11.3 Å². The summed E-state index contributed by atoms with van der Waals surface area (Å²) in [6, 6.07) is 7.20. The van der Waals surface area contributed by atoms with Gasteiger partial charge in [0.15, 0.2) is 0 Å². The Kier molecular flexibility index (Phi) is 4.41. The number of ether oxygens (including phenoxy) is 1. The number of aldehydes is 1. The minimum atomic E-state index is -0.335. The summed E-state index contributed by atoms with van der Waals surface area (Å²) in [7, 11) is 0. The largest absolute Gasteiger partial charge is 0.427 e. The molecule has 0 spiro atoms. The van der Waals surface area contributed by atoms with E-state index >= 15 is 0 Å². The zero-order chi connectivity index (χ0) is 13.7. The standard InChI is InChI=1S/C14H13NO3S/c1-10(17)18-13-6-4-11(5-7-13)14-15-12(9-19-14)3-2-8-16/h4-9H,2-3H2,1H3. The van der Waals surface area contributed by atoms with Gasteiger partial charge >= 0.3 is 5.97 Å². The van der Waals surface area contributed by atoms with Gasteiger partial charge in [0.2, 0.25) is 0 Å². The van der Waals surface area contributed by atoms with Crippen LogP contribution >= 0.6 is 11.3 Å². The average molecular weight is 275 g/mol. The number of esters is 1. The lowest BCUT2D eigenvalue weighted by atomic mass is 10.2. The lowest BCUT2D eigenvalue weighted by Crippen LogP contribution is -2.00. The second-order valence-corrected chi connectivity index (χ2v) is 4.83. The Morgan fingerprint density at radius 3 is 2.74 bits per heavy atom. The van der Waals surface area contributed by atoms with Crippen LogP contribution in [0.25, 0.3) is 10.6 Å². The van der Waals surface area contributed by atoms with E-state index in [0.29, 0.717) is 18.6 Å². The summed E-state index contributed by atoms with van der Waals surface area (Å²) in [5.74, 6) is 0.187. The van der Waals surface area contributed by atoms with Gasteiger partial charge in [-0.3, -0.25) is 4.79 Å². The maximum atomic E-state index is 10.8. The first-order valence-corrected chi connectivity index (χ1v) is 6.74. The zero-order valence-corrected chi connectivity index (χ0v) is 11.3. The molecule has 0 fully saturated rings. The molecule has 1 heterocycles. The van der Waals surface area contributed by atoms with Gasteiger partial charge in [0.1, 0.15) is 17.0 Å². The van der Waals surface area contributed by atoms with Gasteiger partial charge in [0, 0.05) is 24.3 Å². The van der Waals surface area contributed by atoms with Crippen molar-refractivity contribution in [3.63, 3.8) is 0 Å². The molecule has 0 saturated heterocycles. The first-order chi connectivity index (χ1) is 9.19. The molecule has 0 radical (unpaired) electrons. The maximum absolute atomic E-state index is 10.8. The molecule has 4 nitrogen and oxygen atoms in total. The Morgan fingerprint density at radius 1 is 1.37 bits per heavy atom. The highest BCUT2D eigenvalue weighted by Gasteiger charge is 2.05. The average Bonchev–Trinajstić information content (AvgIpc) is 2.85. The number of aromatic nitrogens is 1. The molecule has 1 aromatic heterocycles. The van der Waals surface area contributed by atoms with Crippen molar-refractivity contribution in [3.8, 4) is 16.3 Å². The molecule has 0 saturated carbocycles. The van der Waals surface area contributed by atoms with E-state index in [-0.39, 0.29) is 5.97 Å². The molecule has 0 bridgehead atoms. The van der Waals surface area contributed by atoms with Crippen LogP contribution in [0.2, 0.25) is 0 Å². The van der Waals surface area contributed by atoms with Crippen LogP contribution in [0, 0.1) is 0 Å². The highest BCUT2D eigenvalue weighted by atomic mass is 32.1. The third-order valence-electron chi connectivity index (χ3n) is 2.43. The SMILES string of the molecule is CC(=O)Oc1ccc(-c2nc(CCC=O)cs2)cc1. The van der Waals surface area contributed by atoms with Gasteiger partial charge in [-0.2, -0.15) is 0 Å². The van der Waals surface area contributed by atoms with Crippen molar-refractivity contribution in [2.75, 3.05) is 0 Å². The van der Waals surface area contributed by atoms with Gasteiger partial charge in [0.25, 0.3) is 0 Å². The number of hydrogen-bond acceptors (Lipinski definition) is 5. The molecular weight excluding hydrogens is 262 g/mol. The summed E-state index contributed by atoms with van der Waals surface area (Å²) < 4.78 is 4.97. The lowest BCUT2D eigenvalue weighted by molar-refractivity contribution is -0.131. The molecule has 2 aromatic rings. The Morgan fingerprint density at radius 2 is 2.11 bits per heavy atom. The molecule has 0 atom stereocenters. The van der Waals surface area contributed by atoms with Crippen molar-refractivity contribution in [2.24, 2.45) is 0 Å². The molecule has 0 aliphatic carbocycles. The normalized spacial score (nSPS) is 10.2.